The summed E-state index contributed by atoms with van der Waals surface area (Å²) in [5, 5.41) is 25.8. The number of carboxylic acid groups (broad SMARTS) is 1. The number of anilines is 1. The monoisotopic (exact) mass is 180 g/mol. The largest absolute Gasteiger partial charge is 0.481 e. The summed E-state index contributed by atoms with van der Waals surface area (Å²) in [4.78, 5) is 10.2. The smallest absolute Gasteiger partial charge is 0.305 e. The number of rotatable bonds is 4. The zero-order valence-electron chi connectivity index (χ0n) is 6.74. The van der Waals surface area contributed by atoms with Crippen LogP contribution in [0.2, 0.25) is 0 Å². The molecule has 0 bridgehead atoms. The number of carboxylic acids is 1. The molecule has 1 aromatic rings. The fraction of sp³-hybridized carbons (Fsp3) is 0.286. The van der Waals surface area contributed by atoms with Crippen LogP contribution in [0.1, 0.15) is 12.0 Å². The molecular formula is C7H8N4O2. The van der Waals surface area contributed by atoms with Crippen molar-refractivity contribution in [2.24, 2.45) is 0 Å². The first kappa shape index (κ1) is 9.06. The van der Waals surface area contributed by atoms with E-state index in [1.165, 1.54) is 6.20 Å². The van der Waals surface area contributed by atoms with Crippen LogP contribution in [0, 0.1) is 11.3 Å². The van der Waals surface area contributed by atoms with Crippen molar-refractivity contribution in [2.45, 2.75) is 6.42 Å². The van der Waals surface area contributed by atoms with Crippen molar-refractivity contribution >= 4 is 11.8 Å². The minimum absolute atomic E-state index is 0.00386. The lowest BCUT2D eigenvalue weighted by Crippen LogP contribution is -2.08. The van der Waals surface area contributed by atoms with Crippen molar-refractivity contribution in [3.05, 3.63) is 11.8 Å². The van der Waals surface area contributed by atoms with Crippen LogP contribution in [0.15, 0.2) is 6.20 Å². The number of aromatic amines is 1. The van der Waals surface area contributed by atoms with Gasteiger partial charge in [-0.25, -0.2) is 0 Å². The maximum absolute atomic E-state index is 10.2. The first-order chi connectivity index (χ1) is 6.24. The average Bonchev–Trinajstić information content (AvgIpc) is 2.51. The molecule has 0 aliphatic heterocycles. The summed E-state index contributed by atoms with van der Waals surface area (Å²) in [7, 11) is 0. The quantitative estimate of drug-likeness (QED) is 0.612. The fourth-order valence-corrected chi connectivity index (χ4v) is 0.800. The van der Waals surface area contributed by atoms with Gasteiger partial charge in [0.15, 0.2) is 0 Å². The Kier molecular flexibility index (Phi) is 2.87. The summed E-state index contributed by atoms with van der Waals surface area (Å²) < 4.78 is 0. The Bertz CT molecular complexity index is 339. The summed E-state index contributed by atoms with van der Waals surface area (Å²) in [5.41, 5.74) is 0.380. The van der Waals surface area contributed by atoms with Gasteiger partial charge >= 0.3 is 5.97 Å². The number of hydrogen-bond donors (Lipinski definition) is 3. The van der Waals surface area contributed by atoms with Gasteiger partial charge in [0.05, 0.1) is 12.6 Å². The summed E-state index contributed by atoms with van der Waals surface area (Å²) in [6, 6.07) is 1.91. The van der Waals surface area contributed by atoms with E-state index in [4.69, 9.17) is 10.4 Å². The highest BCUT2D eigenvalue weighted by atomic mass is 16.4. The second-order valence-electron chi connectivity index (χ2n) is 2.34. The molecule has 0 atom stereocenters. The lowest BCUT2D eigenvalue weighted by molar-refractivity contribution is -0.136. The van der Waals surface area contributed by atoms with Crippen LogP contribution in [0.25, 0.3) is 0 Å². The molecule has 6 nitrogen and oxygen atoms in total. The summed E-state index contributed by atoms with van der Waals surface area (Å²) in [5.74, 6) is -0.422. The van der Waals surface area contributed by atoms with Crippen LogP contribution < -0.4 is 5.32 Å². The molecule has 1 aromatic heterocycles. The summed E-state index contributed by atoms with van der Waals surface area (Å²) in [6.07, 6.45) is 1.38. The Morgan fingerprint density at radius 3 is 3.23 bits per heavy atom. The van der Waals surface area contributed by atoms with E-state index in [0.717, 1.165) is 0 Å². The van der Waals surface area contributed by atoms with Gasteiger partial charge in [0.25, 0.3) is 0 Å². The molecule has 0 aliphatic carbocycles. The highest BCUT2D eigenvalue weighted by Crippen LogP contribution is 2.07. The normalized spacial score (nSPS) is 9.15. The predicted octanol–water partition coefficient (Wildman–Crippen LogP) is 0.168. The van der Waals surface area contributed by atoms with Crippen LogP contribution in [-0.4, -0.2) is 27.8 Å². The zero-order chi connectivity index (χ0) is 9.68. The molecule has 13 heavy (non-hydrogen) atoms. The molecule has 0 radical (unpaired) electrons. The lowest BCUT2D eigenvalue weighted by Gasteiger charge is -2.00. The lowest BCUT2D eigenvalue weighted by atomic mass is 10.3. The van der Waals surface area contributed by atoms with E-state index in [0.29, 0.717) is 11.4 Å². The van der Waals surface area contributed by atoms with Crippen molar-refractivity contribution in [3.8, 4) is 6.07 Å². The van der Waals surface area contributed by atoms with E-state index in [1.807, 2.05) is 6.07 Å². The van der Waals surface area contributed by atoms with Crippen molar-refractivity contribution < 1.29 is 9.90 Å². The number of H-pyrrole nitrogens is 1. The second-order valence-corrected chi connectivity index (χ2v) is 2.34. The number of nitrogens with one attached hydrogen (secondary N) is 2. The number of nitrogens with zero attached hydrogens (tertiary/aromatic N) is 2. The van der Waals surface area contributed by atoms with Crippen LogP contribution >= 0.6 is 0 Å². The van der Waals surface area contributed by atoms with Gasteiger partial charge in [0, 0.05) is 6.54 Å². The van der Waals surface area contributed by atoms with Crippen molar-refractivity contribution in [3.63, 3.8) is 0 Å². The molecule has 3 N–H and O–H groups in total. The zero-order valence-corrected chi connectivity index (χ0v) is 6.74. The third-order valence-corrected chi connectivity index (χ3v) is 1.40. The molecule has 68 valence electrons. The van der Waals surface area contributed by atoms with Gasteiger partial charge in [0.2, 0.25) is 0 Å². The Labute approximate surface area is 74.2 Å². The van der Waals surface area contributed by atoms with Crippen molar-refractivity contribution in [1.29, 1.82) is 5.26 Å². The number of hydrogen-bond acceptors (Lipinski definition) is 4. The van der Waals surface area contributed by atoms with Gasteiger partial charge in [-0.15, -0.1) is 0 Å². The third-order valence-electron chi connectivity index (χ3n) is 1.40. The first-order valence-corrected chi connectivity index (χ1v) is 3.63. The Morgan fingerprint density at radius 2 is 2.62 bits per heavy atom. The van der Waals surface area contributed by atoms with Gasteiger partial charge in [-0.05, 0) is 0 Å². The highest BCUT2D eigenvalue weighted by Gasteiger charge is 2.03. The van der Waals surface area contributed by atoms with E-state index in [1.54, 1.807) is 0 Å². The number of aliphatic carboxylic acids is 1. The molecule has 0 aromatic carbocycles. The van der Waals surface area contributed by atoms with E-state index < -0.39 is 5.97 Å². The number of carbonyl (C=O) groups is 1. The Hall–Kier alpha value is -2.03. The minimum atomic E-state index is -0.884. The molecule has 0 saturated carbocycles. The molecular weight excluding hydrogens is 172 g/mol. The average molecular weight is 180 g/mol. The van der Waals surface area contributed by atoms with Gasteiger partial charge < -0.3 is 10.4 Å². The van der Waals surface area contributed by atoms with Crippen LogP contribution in [0.4, 0.5) is 5.82 Å². The van der Waals surface area contributed by atoms with Crippen LogP contribution in [0.5, 0.6) is 0 Å². The van der Waals surface area contributed by atoms with Gasteiger partial charge in [-0.2, -0.15) is 10.4 Å². The van der Waals surface area contributed by atoms with Crippen molar-refractivity contribution in [2.75, 3.05) is 11.9 Å². The van der Waals surface area contributed by atoms with E-state index in [2.05, 4.69) is 15.5 Å². The van der Waals surface area contributed by atoms with Crippen LogP contribution in [-0.2, 0) is 4.79 Å². The summed E-state index contributed by atoms with van der Waals surface area (Å²) >= 11 is 0. The van der Waals surface area contributed by atoms with E-state index >= 15 is 0 Å². The van der Waals surface area contributed by atoms with E-state index in [-0.39, 0.29) is 13.0 Å². The summed E-state index contributed by atoms with van der Waals surface area (Å²) in [6.45, 7) is 0.270. The highest BCUT2D eigenvalue weighted by molar-refractivity contribution is 5.67. The van der Waals surface area contributed by atoms with E-state index in [9.17, 15) is 4.79 Å². The van der Waals surface area contributed by atoms with Gasteiger partial charge in [-0.3, -0.25) is 9.89 Å². The topological polar surface area (TPSA) is 102 Å². The second kappa shape index (κ2) is 4.11. The maximum atomic E-state index is 10.2. The number of nitriles is 1. The first-order valence-electron chi connectivity index (χ1n) is 3.63. The van der Waals surface area contributed by atoms with Crippen molar-refractivity contribution in [1.82, 2.24) is 10.2 Å². The maximum Gasteiger partial charge on any atom is 0.305 e. The molecule has 0 aliphatic rings. The molecule has 6 heteroatoms. The molecule has 0 fully saturated rings. The van der Waals surface area contributed by atoms with Crippen LogP contribution in [0.3, 0.4) is 0 Å². The molecule has 0 saturated heterocycles. The third kappa shape index (κ3) is 2.48. The minimum Gasteiger partial charge on any atom is -0.481 e. The SMILES string of the molecule is N#Cc1cn[nH]c1NCCC(=O)O. The molecule has 0 amide bonds. The molecule has 0 unspecified atom stereocenters. The Balaban J connectivity index is 2.46. The molecule has 0 spiro atoms. The predicted molar refractivity (Wildman–Crippen MR) is 44.0 cm³/mol. The standard InChI is InChI=1S/C7H8N4O2/c8-3-5-4-10-11-7(5)9-2-1-6(12)13/h4H,1-2H2,(H,12,13)(H2,9,10,11). The Morgan fingerprint density at radius 1 is 1.85 bits per heavy atom. The molecule has 1 heterocycles. The van der Waals surface area contributed by atoms with Gasteiger partial charge in [-0.1, -0.05) is 0 Å². The number of aromatic nitrogens is 2. The van der Waals surface area contributed by atoms with Gasteiger partial charge in [0.1, 0.15) is 17.5 Å². The molecule has 1 rings (SSSR count). The fourth-order valence-electron chi connectivity index (χ4n) is 0.800.